The molecule has 0 aliphatic rings. The van der Waals surface area contributed by atoms with Crippen molar-refractivity contribution in [3.63, 3.8) is 0 Å². The van der Waals surface area contributed by atoms with Crippen LogP contribution in [0.1, 0.15) is 13.8 Å². The van der Waals surface area contributed by atoms with Crippen LogP contribution in [0.5, 0.6) is 0 Å². The molecular weight excluding hydrogens is 317 g/mol. The number of sulfonamides is 1. The first-order chi connectivity index (χ1) is 9.12. The lowest BCUT2D eigenvalue weighted by Crippen LogP contribution is -2.30. The van der Waals surface area contributed by atoms with Crippen molar-refractivity contribution >= 4 is 33.0 Å². The molecule has 0 radical (unpaired) electrons. The quantitative estimate of drug-likeness (QED) is 0.899. The normalized spacial score (nSPS) is 12.3. The third-order valence-electron chi connectivity index (χ3n) is 2.61. The maximum Gasteiger partial charge on any atom is 0.516 e. The highest BCUT2D eigenvalue weighted by atomic mass is 35.5. The molecule has 4 nitrogen and oxygen atoms in total. The number of nitrogens with zero attached hydrogens (tertiary/aromatic N) is 1. The number of nitrogens with one attached hydrogen (secondary N) is 1. The molecule has 0 saturated heterocycles. The van der Waals surface area contributed by atoms with E-state index < -0.39 is 15.5 Å². The van der Waals surface area contributed by atoms with Crippen molar-refractivity contribution in [2.24, 2.45) is 0 Å². The summed E-state index contributed by atoms with van der Waals surface area (Å²) in [6.45, 7) is 4.89. The lowest BCUT2D eigenvalue weighted by Gasteiger charge is -2.23. The fraction of sp³-hybridized carbons (Fsp3) is 0.455. The summed E-state index contributed by atoms with van der Waals surface area (Å²) in [6, 6.07) is 3.81. The number of hydrogen-bond acceptors (Lipinski definition) is 3. The fourth-order valence-electron chi connectivity index (χ4n) is 1.60. The van der Waals surface area contributed by atoms with Crippen LogP contribution in [0.3, 0.4) is 0 Å². The van der Waals surface area contributed by atoms with E-state index >= 15 is 0 Å². The Hall–Kier alpha value is -1.15. The van der Waals surface area contributed by atoms with Gasteiger partial charge in [0.2, 0.25) is 0 Å². The summed E-state index contributed by atoms with van der Waals surface area (Å²) in [5.41, 5.74) is -5.07. The SMILES string of the molecule is CCN(CC)c1cc(NS(=O)(=O)C(F)(F)F)ccc1Cl. The van der Waals surface area contributed by atoms with Crippen LogP contribution >= 0.6 is 11.6 Å². The third kappa shape index (κ3) is 3.69. The Labute approximate surface area is 120 Å². The van der Waals surface area contributed by atoms with Gasteiger partial charge in [0.05, 0.1) is 16.4 Å². The summed E-state index contributed by atoms with van der Waals surface area (Å²) in [4.78, 5) is 1.80. The fourth-order valence-corrected chi connectivity index (χ4v) is 2.39. The molecule has 0 unspecified atom stereocenters. The molecule has 0 spiro atoms. The summed E-state index contributed by atoms with van der Waals surface area (Å²) < 4.78 is 60.5. The molecule has 9 heteroatoms. The molecule has 0 saturated carbocycles. The predicted molar refractivity (Wildman–Crippen MR) is 73.6 cm³/mol. The van der Waals surface area contributed by atoms with Gasteiger partial charge in [-0.3, -0.25) is 4.72 Å². The second-order valence-corrected chi connectivity index (χ2v) is 5.97. The Morgan fingerprint density at radius 1 is 1.25 bits per heavy atom. The molecule has 0 amide bonds. The van der Waals surface area contributed by atoms with Crippen LogP contribution in [-0.4, -0.2) is 27.0 Å². The zero-order valence-corrected chi connectivity index (χ0v) is 12.4. The standard InChI is InChI=1S/C11H14ClF3N2O2S/c1-3-17(4-2)10-7-8(5-6-9(10)12)16-20(18,19)11(13,14)15/h5-7,16H,3-4H2,1-2H3. The van der Waals surface area contributed by atoms with Gasteiger partial charge in [-0.2, -0.15) is 21.6 Å². The van der Waals surface area contributed by atoms with Gasteiger partial charge in [0.15, 0.2) is 0 Å². The highest BCUT2D eigenvalue weighted by Gasteiger charge is 2.46. The molecule has 0 aliphatic heterocycles. The van der Waals surface area contributed by atoms with E-state index in [0.717, 1.165) is 0 Å². The van der Waals surface area contributed by atoms with E-state index in [1.807, 2.05) is 13.8 Å². The Balaban J connectivity index is 3.14. The van der Waals surface area contributed by atoms with Gasteiger partial charge in [-0.1, -0.05) is 11.6 Å². The van der Waals surface area contributed by atoms with Crippen molar-refractivity contribution in [3.05, 3.63) is 23.2 Å². The molecule has 1 aromatic rings. The molecule has 0 fully saturated rings. The van der Waals surface area contributed by atoms with Crippen LogP contribution in [0.15, 0.2) is 18.2 Å². The minimum Gasteiger partial charge on any atom is -0.371 e. The van der Waals surface area contributed by atoms with Crippen molar-refractivity contribution in [1.82, 2.24) is 0 Å². The van der Waals surface area contributed by atoms with Gasteiger partial charge >= 0.3 is 15.5 Å². The number of rotatable bonds is 5. The van der Waals surface area contributed by atoms with Gasteiger partial charge in [0.1, 0.15) is 0 Å². The largest absolute Gasteiger partial charge is 0.516 e. The summed E-state index contributed by atoms with van der Waals surface area (Å²) in [7, 11) is -5.43. The molecule has 0 aromatic heterocycles. The maximum absolute atomic E-state index is 12.3. The van der Waals surface area contributed by atoms with Crippen molar-refractivity contribution < 1.29 is 21.6 Å². The van der Waals surface area contributed by atoms with Crippen molar-refractivity contribution in [3.8, 4) is 0 Å². The van der Waals surface area contributed by atoms with Gasteiger partial charge < -0.3 is 4.90 Å². The average molecular weight is 331 g/mol. The van der Waals surface area contributed by atoms with Crippen LogP contribution in [0.4, 0.5) is 24.5 Å². The van der Waals surface area contributed by atoms with Gasteiger partial charge in [0.25, 0.3) is 0 Å². The van der Waals surface area contributed by atoms with Crippen LogP contribution in [0.25, 0.3) is 0 Å². The first-order valence-electron chi connectivity index (χ1n) is 5.76. The van der Waals surface area contributed by atoms with E-state index in [-0.39, 0.29) is 5.69 Å². The van der Waals surface area contributed by atoms with E-state index in [0.29, 0.717) is 23.8 Å². The molecule has 1 rings (SSSR count). The summed E-state index contributed by atoms with van der Waals surface area (Å²) >= 11 is 5.97. The Morgan fingerprint density at radius 3 is 2.25 bits per heavy atom. The van der Waals surface area contributed by atoms with E-state index in [1.165, 1.54) is 22.9 Å². The topological polar surface area (TPSA) is 49.4 Å². The molecule has 0 heterocycles. The summed E-state index contributed by atoms with van der Waals surface area (Å²) in [6.07, 6.45) is 0. The Kier molecular flexibility index (Phi) is 5.15. The molecule has 0 bridgehead atoms. The van der Waals surface area contributed by atoms with Crippen LogP contribution in [-0.2, 0) is 10.0 Å². The molecule has 0 aliphatic carbocycles. The zero-order chi connectivity index (χ0) is 15.6. The van der Waals surface area contributed by atoms with Crippen molar-refractivity contribution in [1.29, 1.82) is 0 Å². The number of halogens is 4. The van der Waals surface area contributed by atoms with Gasteiger partial charge in [-0.05, 0) is 32.0 Å². The molecule has 20 heavy (non-hydrogen) atoms. The third-order valence-corrected chi connectivity index (χ3v) is 4.04. The highest BCUT2D eigenvalue weighted by Crippen LogP contribution is 2.31. The van der Waals surface area contributed by atoms with Crippen molar-refractivity contribution in [2.75, 3.05) is 22.7 Å². The van der Waals surface area contributed by atoms with Crippen LogP contribution in [0.2, 0.25) is 5.02 Å². The Bertz CT molecular complexity index is 572. The summed E-state index contributed by atoms with van der Waals surface area (Å²) in [5, 5.41) is 0.337. The first-order valence-corrected chi connectivity index (χ1v) is 7.62. The van der Waals surface area contributed by atoms with Gasteiger partial charge in [0, 0.05) is 13.1 Å². The predicted octanol–water partition coefficient (Wildman–Crippen LogP) is 3.45. The van der Waals surface area contributed by atoms with Gasteiger partial charge in [-0.15, -0.1) is 0 Å². The van der Waals surface area contributed by atoms with E-state index in [1.54, 1.807) is 4.90 Å². The van der Waals surface area contributed by atoms with E-state index in [4.69, 9.17) is 11.6 Å². The number of anilines is 2. The minimum atomic E-state index is -5.43. The molecule has 114 valence electrons. The molecule has 0 atom stereocenters. The Morgan fingerprint density at radius 2 is 1.80 bits per heavy atom. The summed E-state index contributed by atoms with van der Waals surface area (Å²) in [5.74, 6) is 0. The number of hydrogen-bond donors (Lipinski definition) is 1. The van der Waals surface area contributed by atoms with E-state index in [2.05, 4.69) is 0 Å². The lowest BCUT2D eigenvalue weighted by molar-refractivity contribution is -0.0429. The van der Waals surface area contributed by atoms with Gasteiger partial charge in [-0.25, -0.2) is 0 Å². The lowest BCUT2D eigenvalue weighted by atomic mass is 10.2. The molecular formula is C11H14ClF3N2O2S. The first kappa shape index (κ1) is 16.9. The smallest absolute Gasteiger partial charge is 0.371 e. The maximum atomic E-state index is 12.3. The number of alkyl halides is 3. The second-order valence-electron chi connectivity index (χ2n) is 3.89. The second kappa shape index (κ2) is 6.09. The van der Waals surface area contributed by atoms with E-state index in [9.17, 15) is 21.6 Å². The average Bonchev–Trinajstić information content (AvgIpc) is 2.33. The minimum absolute atomic E-state index is 0.186. The molecule has 1 N–H and O–H groups in total. The monoisotopic (exact) mass is 330 g/mol. The zero-order valence-electron chi connectivity index (χ0n) is 10.8. The number of benzene rings is 1. The highest BCUT2D eigenvalue weighted by molar-refractivity contribution is 7.93. The van der Waals surface area contributed by atoms with Crippen molar-refractivity contribution in [2.45, 2.75) is 19.4 Å². The molecule has 1 aromatic carbocycles. The van der Waals surface area contributed by atoms with Crippen LogP contribution < -0.4 is 9.62 Å². The van der Waals surface area contributed by atoms with Crippen LogP contribution in [0, 0.1) is 0 Å².